The van der Waals surface area contributed by atoms with Crippen LogP contribution in [0.15, 0.2) is 67.4 Å². The molecule has 124 valence electrons. The molecule has 0 aliphatic carbocycles. The molecule has 0 spiro atoms. The maximum atomic E-state index is 9.46. The number of aromatic hydroxyl groups is 1. The minimum atomic E-state index is 0.248. The minimum absolute atomic E-state index is 0.248. The summed E-state index contributed by atoms with van der Waals surface area (Å²) in [5, 5.41) is 12.8. The third-order valence-corrected chi connectivity index (χ3v) is 4.05. The van der Waals surface area contributed by atoms with Crippen LogP contribution in [0.25, 0.3) is 16.9 Å². The number of nitrogens with one attached hydrogen (secondary N) is 1. The average molecular weight is 331 g/mol. The molecular weight excluding hydrogens is 314 g/mol. The van der Waals surface area contributed by atoms with Crippen LogP contribution in [0.4, 0.5) is 5.82 Å². The van der Waals surface area contributed by atoms with Crippen molar-refractivity contribution in [2.45, 2.75) is 6.42 Å². The van der Waals surface area contributed by atoms with Crippen LogP contribution >= 0.6 is 0 Å². The van der Waals surface area contributed by atoms with E-state index in [9.17, 15) is 5.11 Å². The van der Waals surface area contributed by atoms with Gasteiger partial charge in [0.25, 0.3) is 0 Å². The molecule has 3 heterocycles. The first-order chi connectivity index (χ1) is 12.3. The molecule has 0 bridgehead atoms. The predicted octanol–water partition coefficient (Wildman–Crippen LogP) is 3.15. The molecule has 2 N–H and O–H groups in total. The van der Waals surface area contributed by atoms with Crippen LogP contribution in [0, 0.1) is 0 Å². The number of hydrogen-bond acceptors (Lipinski definition) is 5. The first kappa shape index (κ1) is 15.1. The molecular formula is C19H17N5O. The van der Waals surface area contributed by atoms with E-state index in [1.165, 1.54) is 5.56 Å². The molecule has 0 fully saturated rings. The number of anilines is 1. The zero-order valence-electron chi connectivity index (χ0n) is 13.5. The number of rotatable bonds is 5. The summed E-state index contributed by atoms with van der Waals surface area (Å²) in [6, 6.07) is 11.1. The van der Waals surface area contributed by atoms with E-state index < -0.39 is 0 Å². The first-order valence-corrected chi connectivity index (χ1v) is 8.05. The van der Waals surface area contributed by atoms with E-state index >= 15 is 0 Å². The second-order valence-electron chi connectivity index (χ2n) is 5.69. The van der Waals surface area contributed by atoms with Gasteiger partial charge in [-0.15, -0.1) is 0 Å². The summed E-state index contributed by atoms with van der Waals surface area (Å²) >= 11 is 0. The number of pyridine rings is 1. The van der Waals surface area contributed by atoms with Crippen LogP contribution < -0.4 is 5.32 Å². The van der Waals surface area contributed by atoms with Gasteiger partial charge >= 0.3 is 0 Å². The van der Waals surface area contributed by atoms with Gasteiger partial charge in [-0.3, -0.25) is 9.38 Å². The van der Waals surface area contributed by atoms with Gasteiger partial charge in [-0.25, -0.2) is 9.97 Å². The Labute approximate surface area is 144 Å². The highest BCUT2D eigenvalue weighted by Gasteiger charge is 2.10. The molecule has 0 saturated carbocycles. The fourth-order valence-electron chi connectivity index (χ4n) is 2.76. The number of aromatic nitrogens is 4. The Kier molecular flexibility index (Phi) is 4.00. The maximum absolute atomic E-state index is 9.46. The number of hydrogen-bond donors (Lipinski definition) is 2. The number of phenolic OH excluding ortho intramolecular Hbond substituents is 1. The van der Waals surface area contributed by atoms with Gasteiger partial charge in [0.15, 0.2) is 11.5 Å². The van der Waals surface area contributed by atoms with Crippen molar-refractivity contribution in [1.29, 1.82) is 0 Å². The highest BCUT2D eigenvalue weighted by Crippen LogP contribution is 2.24. The maximum Gasteiger partial charge on any atom is 0.180 e. The van der Waals surface area contributed by atoms with Crippen LogP contribution in [0.5, 0.6) is 5.75 Å². The molecule has 4 aromatic rings. The predicted molar refractivity (Wildman–Crippen MR) is 96.5 cm³/mol. The summed E-state index contributed by atoms with van der Waals surface area (Å²) in [7, 11) is 0. The lowest BCUT2D eigenvalue weighted by atomic mass is 10.1. The smallest absolute Gasteiger partial charge is 0.180 e. The zero-order chi connectivity index (χ0) is 17.1. The Morgan fingerprint density at radius 2 is 1.76 bits per heavy atom. The third kappa shape index (κ3) is 3.14. The summed E-state index contributed by atoms with van der Waals surface area (Å²) in [6.45, 7) is 0.762. The lowest BCUT2D eigenvalue weighted by molar-refractivity contribution is 0.475. The second kappa shape index (κ2) is 6.60. The normalized spacial score (nSPS) is 10.9. The molecule has 6 nitrogen and oxygen atoms in total. The third-order valence-electron chi connectivity index (χ3n) is 4.05. The van der Waals surface area contributed by atoms with E-state index in [-0.39, 0.29) is 5.75 Å². The largest absolute Gasteiger partial charge is 0.508 e. The molecule has 0 radical (unpaired) electrons. The number of fused-ring (bicyclic) bond motifs is 1. The van der Waals surface area contributed by atoms with E-state index in [0.29, 0.717) is 0 Å². The molecule has 0 saturated heterocycles. The van der Waals surface area contributed by atoms with Gasteiger partial charge < -0.3 is 10.4 Å². The van der Waals surface area contributed by atoms with E-state index in [1.807, 2.05) is 41.1 Å². The molecule has 4 rings (SSSR count). The number of nitrogens with zero attached hydrogens (tertiary/aromatic N) is 4. The van der Waals surface area contributed by atoms with Crippen molar-refractivity contribution in [1.82, 2.24) is 19.4 Å². The number of imidazole rings is 1. The topological polar surface area (TPSA) is 75.3 Å². The highest BCUT2D eigenvalue weighted by molar-refractivity contribution is 5.70. The molecule has 25 heavy (non-hydrogen) atoms. The van der Waals surface area contributed by atoms with Crippen LogP contribution in [0.3, 0.4) is 0 Å². The fraction of sp³-hybridized carbons (Fsp3) is 0.105. The summed E-state index contributed by atoms with van der Waals surface area (Å²) in [5.74, 6) is 0.999. The van der Waals surface area contributed by atoms with Crippen LogP contribution in [0.2, 0.25) is 0 Å². The van der Waals surface area contributed by atoms with Crippen molar-refractivity contribution in [3.05, 3.63) is 72.9 Å². The molecule has 0 aliphatic heterocycles. The Morgan fingerprint density at radius 3 is 2.56 bits per heavy atom. The van der Waals surface area contributed by atoms with Crippen LogP contribution in [0.1, 0.15) is 5.56 Å². The Bertz CT molecular complexity index is 980. The Hall–Kier alpha value is -3.41. The minimum Gasteiger partial charge on any atom is -0.508 e. The molecule has 3 aromatic heterocycles. The summed E-state index contributed by atoms with van der Waals surface area (Å²) in [5.41, 5.74) is 3.94. The van der Waals surface area contributed by atoms with Gasteiger partial charge in [0, 0.05) is 36.9 Å². The van der Waals surface area contributed by atoms with Crippen molar-refractivity contribution in [3.8, 4) is 17.0 Å². The van der Waals surface area contributed by atoms with Crippen LogP contribution in [-0.4, -0.2) is 31.0 Å². The van der Waals surface area contributed by atoms with Crippen LogP contribution in [-0.2, 0) is 6.42 Å². The molecule has 0 atom stereocenters. The molecule has 0 unspecified atom stereocenters. The highest BCUT2D eigenvalue weighted by atomic mass is 16.3. The van der Waals surface area contributed by atoms with Crippen molar-refractivity contribution in [2.75, 3.05) is 11.9 Å². The van der Waals surface area contributed by atoms with Crippen molar-refractivity contribution < 1.29 is 5.11 Å². The molecule has 1 aromatic carbocycles. The molecule has 0 aliphatic rings. The van der Waals surface area contributed by atoms with E-state index in [2.05, 4.69) is 20.3 Å². The first-order valence-electron chi connectivity index (χ1n) is 8.05. The molecule has 0 amide bonds. The summed E-state index contributed by atoms with van der Waals surface area (Å²) in [6.07, 6.45) is 9.94. The van der Waals surface area contributed by atoms with Crippen molar-refractivity contribution in [3.63, 3.8) is 0 Å². The van der Waals surface area contributed by atoms with E-state index in [4.69, 9.17) is 0 Å². The second-order valence-corrected chi connectivity index (χ2v) is 5.69. The summed E-state index contributed by atoms with van der Waals surface area (Å²) in [4.78, 5) is 12.9. The summed E-state index contributed by atoms with van der Waals surface area (Å²) < 4.78 is 1.99. The van der Waals surface area contributed by atoms with Gasteiger partial charge in [-0.2, -0.15) is 0 Å². The van der Waals surface area contributed by atoms with E-state index in [0.717, 1.165) is 35.7 Å². The number of benzene rings is 1. The average Bonchev–Trinajstić information content (AvgIpc) is 3.08. The standard InChI is InChI=1S/C19H17N5O/c25-16-3-1-15(2-4-16)17-13-23-19-18(22-11-12-24(17)19)21-10-7-14-5-8-20-9-6-14/h1-6,8-9,11-13,25H,7,10H2,(H,21,22). The van der Waals surface area contributed by atoms with Gasteiger partial charge in [0.2, 0.25) is 0 Å². The van der Waals surface area contributed by atoms with Gasteiger partial charge in [-0.05, 0) is 48.4 Å². The monoisotopic (exact) mass is 331 g/mol. The number of phenols is 1. The molecule has 6 heteroatoms. The Morgan fingerprint density at radius 1 is 0.960 bits per heavy atom. The quantitative estimate of drug-likeness (QED) is 0.587. The van der Waals surface area contributed by atoms with Gasteiger partial charge in [0.05, 0.1) is 11.9 Å². The SMILES string of the molecule is Oc1ccc(-c2cnc3c(NCCc4ccncc4)nccn23)cc1. The Balaban J connectivity index is 1.57. The lowest BCUT2D eigenvalue weighted by Gasteiger charge is -2.08. The van der Waals surface area contributed by atoms with Gasteiger partial charge in [-0.1, -0.05) is 0 Å². The van der Waals surface area contributed by atoms with Gasteiger partial charge in [0.1, 0.15) is 5.75 Å². The van der Waals surface area contributed by atoms with Crippen molar-refractivity contribution in [2.24, 2.45) is 0 Å². The lowest BCUT2D eigenvalue weighted by Crippen LogP contribution is -2.08. The van der Waals surface area contributed by atoms with Crippen molar-refractivity contribution >= 4 is 11.5 Å². The zero-order valence-corrected chi connectivity index (χ0v) is 13.5. The fourth-order valence-corrected chi connectivity index (χ4v) is 2.76. The van der Waals surface area contributed by atoms with E-state index in [1.54, 1.807) is 30.7 Å².